The molecule has 0 amide bonds. The molecule has 0 bridgehead atoms. The Kier molecular flexibility index (Phi) is 33.4. The van der Waals surface area contributed by atoms with Gasteiger partial charge in [-0.2, -0.15) is 0 Å². The van der Waals surface area contributed by atoms with E-state index in [1.54, 1.807) is 0 Å². The van der Waals surface area contributed by atoms with Crippen LogP contribution < -0.4 is 5.32 Å². The quantitative estimate of drug-likeness (QED) is 0.0693. The summed E-state index contributed by atoms with van der Waals surface area (Å²) >= 11 is 0. The monoisotopic (exact) mass is 525 g/mol. The second kappa shape index (κ2) is 32.7. The highest BCUT2D eigenvalue weighted by molar-refractivity contribution is 5.69. The first-order valence-electron chi connectivity index (χ1n) is 15.8. The first kappa shape index (κ1) is 37.8. The van der Waals surface area contributed by atoms with Crippen molar-refractivity contribution >= 4 is 11.9 Å². The highest BCUT2D eigenvalue weighted by Gasteiger charge is 2.14. The Bertz CT molecular complexity index is 495. The van der Waals surface area contributed by atoms with Crippen molar-refractivity contribution in [3.05, 3.63) is 12.2 Å². The summed E-state index contributed by atoms with van der Waals surface area (Å²) in [4.78, 5) is 24.1. The Hall–Kier alpha value is -1.36. The predicted molar refractivity (Wildman–Crippen MR) is 159 cm³/mol. The molecule has 5 heteroatoms. The molecule has 0 rings (SSSR count). The Morgan fingerprint density at radius 1 is 0.649 bits per heavy atom. The molecule has 220 valence electrons. The first-order valence-corrected chi connectivity index (χ1v) is 15.8. The lowest BCUT2D eigenvalue weighted by atomic mass is 10.0. The third-order valence-corrected chi connectivity index (χ3v) is 6.26. The van der Waals surface area contributed by atoms with Crippen molar-refractivity contribution in [1.82, 2.24) is 5.32 Å². The fourth-order valence-corrected chi connectivity index (χ4v) is 4.03. The molecule has 0 aliphatic rings. The lowest BCUT2D eigenvalue weighted by Crippen LogP contribution is -2.21. The topological polar surface area (TPSA) is 64.6 Å². The van der Waals surface area contributed by atoms with E-state index in [-0.39, 0.29) is 18.0 Å². The SMILES string of the molecule is CC.CCCCCC/C=C\COC(=O)CCCNCCCC(=O)OC(CCCCCC)CCCCCC. The summed E-state index contributed by atoms with van der Waals surface area (Å²) in [5.41, 5.74) is 0. The van der Waals surface area contributed by atoms with Crippen LogP contribution in [0.25, 0.3) is 0 Å². The molecule has 0 aliphatic carbocycles. The van der Waals surface area contributed by atoms with Crippen molar-refractivity contribution in [2.75, 3.05) is 19.7 Å². The molecule has 0 aromatic carbocycles. The van der Waals surface area contributed by atoms with Crippen molar-refractivity contribution in [3.8, 4) is 0 Å². The number of esters is 2. The van der Waals surface area contributed by atoms with E-state index in [0.29, 0.717) is 19.4 Å². The maximum Gasteiger partial charge on any atom is 0.306 e. The van der Waals surface area contributed by atoms with Gasteiger partial charge in [0.05, 0.1) is 0 Å². The van der Waals surface area contributed by atoms with Crippen molar-refractivity contribution in [1.29, 1.82) is 0 Å². The average molecular weight is 526 g/mol. The fraction of sp³-hybridized carbons (Fsp3) is 0.875. The van der Waals surface area contributed by atoms with E-state index in [1.165, 1.54) is 64.2 Å². The Morgan fingerprint density at radius 3 is 1.70 bits per heavy atom. The molecule has 0 aromatic rings. The van der Waals surface area contributed by atoms with E-state index in [1.807, 2.05) is 19.9 Å². The Balaban J connectivity index is 0. The van der Waals surface area contributed by atoms with Gasteiger partial charge in [0.2, 0.25) is 0 Å². The Labute approximate surface area is 230 Å². The number of hydrogen-bond donors (Lipinski definition) is 1. The Morgan fingerprint density at radius 2 is 1.16 bits per heavy atom. The van der Waals surface area contributed by atoms with Crippen LogP contribution in [-0.4, -0.2) is 37.7 Å². The van der Waals surface area contributed by atoms with Crippen molar-refractivity contribution < 1.29 is 19.1 Å². The molecule has 0 radical (unpaired) electrons. The van der Waals surface area contributed by atoms with Crippen LogP contribution >= 0.6 is 0 Å². The summed E-state index contributed by atoms with van der Waals surface area (Å²) in [7, 11) is 0. The van der Waals surface area contributed by atoms with Gasteiger partial charge in [-0.3, -0.25) is 9.59 Å². The number of ether oxygens (including phenoxy) is 2. The van der Waals surface area contributed by atoms with Gasteiger partial charge < -0.3 is 14.8 Å². The number of carbonyl (C=O) groups is 2. The number of nitrogens with one attached hydrogen (secondary N) is 1. The second-order valence-electron chi connectivity index (χ2n) is 9.77. The fourth-order valence-electron chi connectivity index (χ4n) is 4.03. The van der Waals surface area contributed by atoms with Gasteiger partial charge in [-0.25, -0.2) is 0 Å². The van der Waals surface area contributed by atoms with Gasteiger partial charge in [-0.1, -0.05) is 105 Å². The van der Waals surface area contributed by atoms with Crippen LogP contribution in [0.1, 0.15) is 157 Å². The highest BCUT2D eigenvalue weighted by atomic mass is 16.5. The van der Waals surface area contributed by atoms with Crippen LogP contribution in [0.3, 0.4) is 0 Å². The standard InChI is InChI=1S/C30H57NO4.C2H6/c1-4-7-10-13-14-15-18-27-34-29(32)23-19-25-31-26-20-24-30(33)35-28(21-16-11-8-5-2)22-17-12-9-6-3;1-2/h15,18,28,31H,4-14,16-17,19-27H2,1-3H3;1-2H3/b18-15-;. The van der Waals surface area contributed by atoms with E-state index in [0.717, 1.165) is 58.0 Å². The normalized spacial score (nSPS) is 11.0. The van der Waals surface area contributed by atoms with E-state index < -0.39 is 0 Å². The maximum atomic E-state index is 12.3. The molecule has 0 saturated heterocycles. The van der Waals surface area contributed by atoms with Crippen LogP contribution in [0.2, 0.25) is 0 Å². The van der Waals surface area contributed by atoms with Gasteiger partial charge in [0.15, 0.2) is 0 Å². The molecule has 37 heavy (non-hydrogen) atoms. The van der Waals surface area contributed by atoms with Crippen LogP contribution in [0.4, 0.5) is 0 Å². The lowest BCUT2D eigenvalue weighted by Gasteiger charge is -2.18. The number of unbranched alkanes of at least 4 members (excludes halogenated alkanes) is 10. The van der Waals surface area contributed by atoms with Crippen LogP contribution in [0.15, 0.2) is 12.2 Å². The van der Waals surface area contributed by atoms with E-state index in [4.69, 9.17) is 9.47 Å². The zero-order chi connectivity index (χ0) is 27.8. The van der Waals surface area contributed by atoms with Crippen LogP contribution in [-0.2, 0) is 19.1 Å². The summed E-state index contributed by atoms with van der Waals surface area (Å²) in [6.07, 6.45) is 24.4. The van der Waals surface area contributed by atoms with Gasteiger partial charge >= 0.3 is 11.9 Å². The molecule has 0 aliphatic heterocycles. The molecule has 0 atom stereocenters. The highest BCUT2D eigenvalue weighted by Crippen LogP contribution is 2.16. The molecule has 0 spiro atoms. The third-order valence-electron chi connectivity index (χ3n) is 6.26. The summed E-state index contributed by atoms with van der Waals surface area (Å²) in [5, 5.41) is 3.32. The van der Waals surface area contributed by atoms with E-state index in [2.05, 4.69) is 32.2 Å². The smallest absolute Gasteiger partial charge is 0.306 e. The van der Waals surface area contributed by atoms with Crippen molar-refractivity contribution in [3.63, 3.8) is 0 Å². The molecule has 5 nitrogen and oxygen atoms in total. The van der Waals surface area contributed by atoms with Gasteiger partial charge in [0.25, 0.3) is 0 Å². The molecule has 0 heterocycles. The van der Waals surface area contributed by atoms with Crippen molar-refractivity contribution in [2.24, 2.45) is 0 Å². The largest absolute Gasteiger partial charge is 0.462 e. The molecule has 1 N–H and O–H groups in total. The number of rotatable bonds is 26. The van der Waals surface area contributed by atoms with E-state index >= 15 is 0 Å². The summed E-state index contributed by atoms with van der Waals surface area (Å²) in [6.45, 7) is 12.6. The summed E-state index contributed by atoms with van der Waals surface area (Å²) < 4.78 is 11.0. The first-order chi connectivity index (χ1) is 18.1. The minimum Gasteiger partial charge on any atom is -0.462 e. The average Bonchev–Trinajstić information content (AvgIpc) is 2.91. The van der Waals surface area contributed by atoms with Gasteiger partial charge in [-0.05, 0) is 64.5 Å². The summed E-state index contributed by atoms with van der Waals surface area (Å²) in [5.74, 6) is -0.209. The molecular formula is C32H63NO4. The molecule has 0 unspecified atom stereocenters. The van der Waals surface area contributed by atoms with Crippen LogP contribution in [0.5, 0.6) is 0 Å². The van der Waals surface area contributed by atoms with Gasteiger partial charge in [-0.15, -0.1) is 0 Å². The molecule has 0 aromatic heterocycles. The second-order valence-corrected chi connectivity index (χ2v) is 9.77. The minimum absolute atomic E-state index is 0.0650. The number of allylic oxidation sites excluding steroid dienone is 1. The van der Waals surface area contributed by atoms with Gasteiger partial charge in [0, 0.05) is 12.8 Å². The molecule has 0 fully saturated rings. The predicted octanol–water partition coefficient (Wildman–Crippen LogP) is 9.09. The van der Waals surface area contributed by atoms with Gasteiger partial charge in [0.1, 0.15) is 12.7 Å². The number of hydrogen-bond acceptors (Lipinski definition) is 5. The molecule has 0 saturated carbocycles. The van der Waals surface area contributed by atoms with Crippen molar-refractivity contribution in [2.45, 2.75) is 163 Å². The minimum atomic E-state index is -0.144. The zero-order valence-electron chi connectivity index (χ0n) is 25.4. The van der Waals surface area contributed by atoms with Crippen LogP contribution in [0, 0.1) is 0 Å². The summed E-state index contributed by atoms with van der Waals surface area (Å²) in [6, 6.07) is 0. The maximum absolute atomic E-state index is 12.3. The molecular weight excluding hydrogens is 462 g/mol. The van der Waals surface area contributed by atoms with E-state index in [9.17, 15) is 9.59 Å². The lowest BCUT2D eigenvalue weighted by molar-refractivity contribution is -0.150. The number of carbonyl (C=O) groups excluding carboxylic acids is 2. The third kappa shape index (κ3) is 30.8. The zero-order valence-corrected chi connectivity index (χ0v) is 25.4.